The molecule has 0 spiro atoms. The highest BCUT2D eigenvalue weighted by atomic mass is 32.1. The smallest absolute Gasteiger partial charge is 0.120 e. The van der Waals surface area contributed by atoms with Crippen LogP contribution in [0, 0.1) is 5.92 Å². The molecule has 0 bridgehead atoms. The summed E-state index contributed by atoms with van der Waals surface area (Å²) in [6.45, 7) is 3.43. The van der Waals surface area contributed by atoms with Crippen LogP contribution in [0.15, 0.2) is 0 Å². The van der Waals surface area contributed by atoms with E-state index in [0.29, 0.717) is 5.92 Å². The van der Waals surface area contributed by atoms with Crippen molar-refractivity contribution in [3.63, 3.8) is 0 Å². The third kappa shape index (κ3) is 3.75. The molecule has 1 fully saturated rings. The van der Waals surface area contributed by atoms with E-state index >= 15 is 0 Å². The molecule has 96 valence electrons. The molecule has 4 heteroatoms. The van der Waals surface area contributed by atoms with E-state index in [2.05, 4.69) is 22.4 Å². The fourth-order valence-electron chi connectivity index (χ4n) is 2.46. The summed E-state index contributed by atoms with van der Waals surface area (Å²) in [5.74, 6) is 1.61. The first-order valence-corrected chi connectivity index (χ1v) is 7.58. The molecule has 17 heavy (non-hydrogen) atoms. The molecule has 2 rings (SSSR count). The SMILES string of the molecule is CNCCCc1nnc(C2CCC(C)CC2)s1. The molecule has 3 nitrogen and oxygen atoms in total. The zero-order chi connectivity index (χ0) is 12.1. The molecule has 1 aliphatic carbocycles. The Morgan fingerprint density at radius 2 is 2.00 bits per heavy atom. The highest BCUT2D eigenvalue weighted by molar-refractivity contribution is 7.11. The zero-order valence-corrected chi connectivity index (χ0v) is 11.7. The summed E-state index contributed by atoms with van der Waals surface area (Å²) in [5, 5.41) is 14.4. The summed E-state index contributed by atoms with van der Waals surface area (Å²) in [6, 6.07) is 0. The van der Waals surface area contributed by atoms with Gasteiger partial charge in [-0.05, 0) is 38.8 Å². The summed E-state index contributed by atoms with van der Waals surface area (Å²) in [4.78, 5) is 0. The second-order valence-corrected chi connectivity index (χ2v) is 6.29. The standard InChI is InChI=1S/C13H23N3S/c1-10-5-7-11(8-6-10)13-16-15-12(17-13)4-3-9-14-2/h10-11,14H,3-9H2,1-2H3. The van der Waals surface area contributed by atoms with Crippen LogP contribution in [0.1, 0.15) is 55.0 Å². The van der Waals surface area contributed by atoms with E-state index in [9.17, 15) is 0 Å². The summed E-state index contributed by atoms with van der Waals surface area (Å²) in [6.07, 6.45) is 7.58. The van der Waals surface area contributed by atoms with E-state index in [1.54, 1.807) is 0 Å². The molecule has 1 aromatic rings. The molecule has 1 heterocycles. The highest BCUT2D eigenvalue weighted by Gasteiger charge is 2.22. The summed E-state index contributed by atoms with van der Waals surface area (Å²) in [7, 11) is 1.99. The Morgan fingerprint density at radius 3 is 2.71 bits per heavy atom. The predicted octanol–water partition coefficient (Wildman–Crippen LogP) is 2.98. The first kappa shape index (κ1) is 13.0. The van der Waals surface area contributed by atoms with E-state index in [1.165, 1.54) is 35.7 Å². The Kier molecular flexibility index (Phi) is 4.92. The van der Waals surface area contributed by atoms with Crippen LogP contribution in [0.3, 0.4) is 0 Å². The van der Waals surface area contributed by atoms with Gasteiger partial charge in [-0.25, -0.2) is 0 Å². The molecule has 0 aromatic carbocycles. The molecule has 1 N–H and O–H groups in total. The van der Waals surface area contributed by atoms with Crippen LogP contribution in [-0.2, 0) is 6.42 Å². The van der Waals surface area contributed by atoms with Crippen molar-refractivity contribution >= 4 is 11.3 Å². The quantitative estimate of drug-likeness (QED) is 0.820. The normalized spacial score (nSPS) is 25.1. The van der Waals surface area contributed by atoms with Gasteiger partial charge in [-0.3, -0.25) is 0 Å². The molecular formula is C13H23N3S. The van der Waals surface area contributed by atoms with E-state index in [0.717, 1.165) is 25.3 Å². The Balaban J connectivity index is 1.85. The topological polar surface area (TPSA) is 37.8 Å². The van der Waals surface area contributed by atoms with Crippen LogP contribution in [0.2, 0.25) is 0 Å². The number of nitrogens with zero attached hydrogens (tertiary/aromatic N) is 2. The van der Waals surface area contributed by atoms with Gasteiger partial charge in [0.15, 0.2) is 0 Å². The van der Waals surface area contributed by atoms with Gasteiger partial charge in [-0.15, -0.1) is 21.5 Å². The molecule has 0 saturated heterocycles. The number of hydrogen-bond donors (Lipinski definition) is 1. The molecule has 1 aromatic heterocycles. The van der Waals surface area contributed by atoms with Crippen molar-refractivity contribution in [3.05, 3.63) is 10.0 Å². The van der Waals surface area contributed by atoms with Crippen molar-refractivity contribution < 1.29 is 0 Å². The number of nitrogens with one attached hydrogen (secondary N) is 1. The van der Waals surface area contributed by atoms with Crippen LogP contribution in [-0.4, -0.2) is 23.8 Å². The monoisotopic (exact) mass is 253 g/mol. The maximum atomic E-state index is 4.39. The van der Waals surface area contributed by atoms with Gasteiger partial charge in [0.05, 0.1) is 0 Å². The lowest BCUT2D eigenvalue weighted by molar-refractivity contribution is 0.346. The Labute approximate surface area is 108 Å². The predicted molar refractivity (Wildman–Crippen MR) is 72.5 cm³/mol. The van der Waals surface area contributed by atoms with E-state index in [4.69, 9.17) is 0 Å². The molecular weight excluding hydrogens is 230 g/mol. The lowest BCUT2D eigenvalue weighted by Crippen LogP contribution is -2.10. The zero-order valence-electron chi connectivity index (χ0n) is 10.9. The lowest BCUT2D eigenvalue weighted by atomic mass is 9.83. The minimum Gasteiger partial charge on any atom is -0.320 e. The van der Waals surface area contributed by atoms with Crippen LogP contribution in [0.4, 0.5) is 0 Å². The van der Waals surface area contributed by atoms with Crippen LogP contribution in [0.5, 0.6) is 0 Å². The van der Waals surface area contributed by atoms with Gasteiger partial charge >= 0.3 is 0 Å². The summed E-state index contributed by atoms with van der Waals surface area (Å²) >= 11 is 1.84. The molecule has 0 atom stereocenters. The van der Waals surface area contributed by atoms with Gasteiger partial charge in [0.25, 0.3) is 0 Å². The molecule has 1 aliphatic rings. The number of hydrogen-bond acceptors (Lipinski definition) is 4. The third-order valence-corrected chi connectivity index (χ3v) is 4.81. The second kappa shape index (κ2) is 6.45. The van der Waals surface area contributed by atoms with Crippen molar-refractivity contribution in [2.45, 2.75) is 51.4 Å². The maximum Gasteiger partial charge on any atom is 0.120 e. The molecule has 0 unspecified atom stereocenters. The number of rotatable bonds is 5. The number of aromatic nitrogens is 2. The summed E-state index contributed by atoms with van der Waals surface area (Å²) in [5.41, 5.74) is 0. The third-order valence-electron chi connectivity index (χ3n) is 3.66. The van der Waals surface area contributed by atoms with Gasteiger partial charge in [-0.2, -0.15) is 0 Å². The van der Waals surface area contributed by atoms with Crippen molar-refractivity contribution in [1.82, 2.24) is 15.5 Å². The molecule has 0 aliphatic heterocycles. The lowest BCUT2D eigenvalue weighted by Gasteiger charge is -2.23. The summed E-state index contributed by atoms with van der Waals surface area (Å²) < 4.78 is 0. The van der Waals surface area contributed by atoms with Crippen LogP contribution in [0.25, 0.3) is 0 Å². The van der Waals surface area contributed by atoms with E-state index < -0.39 is 0 Å². The average molecular weight is 253 g/mol. The maximum absolute atomic E-state index is 4.39. The van der Waals surface area contributed by atoms with Crippen LogP contribution >= 0.6 is 11.3 Å². The van der Waals surface area contributed by atoms with Gasteiger partial charge in [-0.1, -0.05) is 19.8 Å². The Bertz CT molecular complexity index is 329. The molecule has 0 amide bonds. The van der Waals surface area contributed by atoms with Gasteiger partial charge < -0.3 is 5.32 Å². The van der Waals surface area contributed by atoms with Crippen LogP contribution < -0.4 is 5.32 Å². The Hall–Kier alpha value is -0.480. The molecule has 1 saturated carbocycles. The first-order chi connectivity index (χ1) is 8.29. The minimum atomic E-state index is 0.696. The first-order valence-electron chi connectivity index (χ1n) is 6.76. The van der Waals surface area contributed by atoms with Gasteiger partial charge in [0.2, 0.25) is 0 Å². The fraction of sp³-hybridized carbons (Fsp3) is 0.846. The number of aryl methyl sites for hydroxylation is 1. The van der Waals surface area contributed by atoms with E-state index in [-0.39, 0.29) is 0 Å². The van der Waals surface area contributed by atoms with Gasteiger partial charge in [0, 0.05) is 12.3 Å². The van der Waals surface area contributed by atoms with Crippen molar-refractivity contribution in [3.8, 4) is 0 Å². The fourth-order valence-corrected chi connectivity index (χ4v) is 3.51. The molecule has 0 radical (unpaired) electrons. The van der Waals surface area contributed by atoms with E-state index in [1.807, 2.05) is 18.4 Å². The Morgan fingerprint density at radius 1 is 1.24 bits per heavy atom. The second-order valence-electron chi connectivity index (χ2n) is 5.20. The van der Waals surface area contributed by atoms with Crippen molar-refractivity contribution in [1.29, 1.82) is 0 Å². The largest absolute Gasteiger partial charge is 0.320 e. The van der Waals surface area contributed by atoms with Crippen molar-refractivity contribution in [2.75, 3.05) is 13.6 Å². The average Bonchev–Trinajstić information content (AvgIpc) is 2.79. The highest BCUT2D eigenvalue weighted by Crippen LogP contribution is 2.36. The van der Waals surface area contributed by atoms with Gasteiger partial charge in [0.1, 0.15) is 10.0 Å². The minimum absolute atomic E-state index is 0.696. The van der Waals surface area contributed by atoms with Crippen molar-refractivity contribution in [2.24, 2.45) is 5.92 Å².